The lowest BCUT2D eigenvalue weighted by atomic mass is 9.91. The molecule has 0 bridgehead atoms. The van der Waals surface area contributed by atoms with E-state index in [9.17, 15) is 5.11 Å². The topological polar surface area (TPSA) is 36.4 Å². The number of nitrogens with zero attached hydrogens (tertiary/aromatic N) is 2. The highest BCUT2D eigenvalue weighted by atomic mass is 32.1. The molecule has 0 saturated heterocycles. The van der Waals surface area contributed by atoms with Gasteiger partial charge in [0.2, 0.25) is 0 Å². The minimum absolute atomic E-state index is 0.0234. The molecular weight excluding hydrogens is 300 g/mol. The minimum Gasteiger partial charge on any atom is -0.391 e. The first-order valence-electron chi connectivity index (χ1n) is 7.38. The number of anilines is 1. The molecule has 1 aliphatic carbocycles. The summed E-state index contributed by atoms with van der Waals surface area (Å²) < 4.78 is 0. The van der Waals surface area contributed by atoms with Crippen molar-refractivity contribution < 1.29 is 5.11 Å². The first-order chi connectivity index (χ1) is 9.99. The van der Waals surface area contributed by atoms with Crippen molar-refractivity contribution in [1.82, 2.24) is 4.98 Å². The van der Waals surface area contributed by atoms with Crippen molar-refractivity contribution >= 4 is 27.8 Å². The Bertz CT molecular complexity index is 594. The predicted molar refractivity (Wildman–Crippen MR) is 90.3 cm³/mol. The maximum absolute atomic E-state index is 9.64. The standard InChI is InChI=1S/C16H22N2OS2/c1-16(2,3)14-13(9-19)21-15(17-14)18(12-4-5-12)8-11-6-7-20-10-11/h6-7,10,12,19H,4-5,8-9H2,1-3H3. The van der Waals surface area contributed by atoms with Crippen LogP contribution in [0, 0.1) is 0 Å². The lowest BCUT2D eigenvalue weighted by Gasteiger charge is -2.21. The molecule has 0 radical (unpaired) electrons. The van der Waals surface area contributed by atoms with Crippen LogP contribution in [0.1, 0.15) is 49.7 Å². The number of thiazole rings is 1. The summed E-state index contributed by atoms with van der Waals surface area (Å²) in [6.07, 6.45) is 2.51. The lowest BCUT2D eigenvalue weighted by molar-refractivity contribution is 0.282. The molecule has 0 atom stereocenters. The molecule has 2 aromatic heterocycles. The zero-order chi connectivity index (χ0) is 15.0. The first-order valence-corrected chi connectivity index (χ1v) is 9.13. The monoisotopic (exact) mass is 322 g/mol. The summed E-state index contributed by atoms with van der Waals surface area (Å²) in [6.45, 7) is 7.49. The van der Waals surface area contributed by atoms with Crippen LogP contribution in [0.4, 0.5) is 5.13 Å². The molecule has 2 aromatic rings. The van der Waals surface area contributed by atoms with Crippen molar-refractivity contribution in [3.8, 4) is 0 Å². The van der Waals surface area contributed by atoms with Gasteiger partial charge in [-0.15, -0.1) is 0 Å². The van der Waals surface area contributed by atoms with E-state index in [0.717, 1.165) is 22.2 Å². The second-order valence-electron chi connectivity index (χ2n) is 6.67. The Balaban J connectivity index is 1.91. The number of hydrogen-bond acceptors (Lipinski definition) is 5. The van der Waals surface area contributed by atoms with E-state index in [-0.39, 0.29) is 12.0 Å². The van der Waals surface area contributed by atoms with E-state index in [1.54, 1.807) is 22.7 Å². The van der Waals surface area contributed by atoms with Gasteiger partial charge in [-0.1, -0.05) is 32.1 Å². The van der Waals surface area contributed by atoms with Crippen LogP contribution in [0.15, 0.2) is 16.8 Å². The number of rotatable bonds is 5. The van der Waals surface area contributed by atoms with Gasteiger partial charge in [-0.3, -0.25) is 0 Å². The second-order valence-corrected chi connectivity index (χ2v) is 8.51. The second kappa shape index (κ2) is 5.71. The average Bonchev–Trinajstić information content (AvgIpc) is 2.97. The van der Waals surface area contributed by atoms with Gasteiger partial charge in [0.15, 0.2) is 5.13 Å². The highest BCUT2D eigenvalue weighted by molar-refractivity contribution is 7.15. The molecule has 5 heteroatoms. The first kappa shape index (κ1) is 15.0. The summed E-state index contributed by atoms with van der Waals surface area (Å²) in [5.74, 6) is 0. The molecule has 2 heterocycles. The van der Waals surface area contributed by atoms with Crippen LogP contribution < -0.4 is 4.90 Å². The normalized spacial score (nSPS) is 15.4. The van der Waals surface area contributed by atoms with Crippen LogP contribution in [-0.4, -0.2) is 16.1 Å². The van der Waals surface area contributed by atoms with Crippen molar-refractivity contribution in [1.29, 1.82) is 0 Å². The Hall–Kier alpha value is -0.910. The molecule has 21 heavy (non-hydrogen) atoms. The number of aliphatic hydroxyl groups is 1. The van der Waals surface area contributed by atoms with Crippen molar-refractivity contribution in [3.63, 3.8) is 0 Å². The number of aromatic nitrogens is 1. The predicted octanol–water partition coefficient (Wildman–Crippen LogP) is 4.16. The minimum atomic E-state index is -0.0234. The van der Waals surface area contributed by atoms with E-state index in [2.05, 4.69) is 42.5 Å². The smallest absolute Gasteiger partial charge is 0.186 e. The van der Waals surface area contributed by atoms with Gasteiger partial charge in [0, 0.05) is 18.0 Å². The summed E-state index contributed by atoms with van der Waals surface area (Å²) in [4.78, 5) is 8.31. The molecular formula is C16H22N2OS2. The summed E-state index contributed by atoms with van der Waals surface area (Å²) >= 11 is 3.40. The Morgan fingerprint density at radius 1 is 1.38 bits per heavy atom. The number of thiophene rings is 1. The van der Waals surface area contributed by atoms with Crippen LogP contribution >= 0.6 is 22.7 Å². The third-order valence-electron chi connectivity index (χ3n) is 3.71. The van der Waals surface area contributed by atoms with Crippen LogP contribution in [0.5, 0.6) is 0 Å². The molecule has 1 fully saturated rings. The average molecular weight is 322 g/mol. The molecule has 0 amide bonds. The fourth-order valence-corrected chi connectivity index (χ4v) is 4.33. The van der Waals surface area contributed by atoms with E-state index >= 15 is 0 Å². The Morgan fingerprint density at radius 3 is 2.62 bits per heavy atom. The van der Waals surface area contributed by atoms with Gasteiger partial charge >= 0.3 is 0 Å². The van der Waals surface area contributed by atoms with Crippen LogP contribution in [-0.2, 0) is 18.6 Å². The summed E-state index contributed by atoms with van der Waals surface area (Å²) in [5.41, 5.74) is 2.37. The largest absolute Gasteiger partial charge is 0.391 e. The maximum Gasteiger partial charge on any atom is 0.186 e. The zero-order valence-corrected chi connectivity index (χ0v) is 14.4. The highest BCUT2D eigenvalue weighted by Crippen LogP contribution is 2.39. The molecule has 1 saturated carbocycles. The van der Waals surface area contributed by atoms with Crippen molar-refractivity contribution in [2.24, 2.45) is 0 Å². The van der Waals surface area contributed by atoms with E-state index in [4.69, 9.17) is 4.98 Å². The molecule has 0 aromatic carbocycles. The molecule has 1 N–H and O–H groups in total. The van der Waals surface area contributed by atoms with E-state index in [0.29, 0.717) is 6.04 Å². The van der Waals surface area contributed by atoms with Crippen LogP contribution in [0.25, 0.3) is 0 Å². The van der Waals surface area contributed by atoms with Crippen molar-refractivity contribution in [2.75, 3.05) is 4.90 Å². The molecule has 0 aliphatic heterocycles. The van der Waals surface area contributed by atoms with Crippen molar-refractivity contribution in [2.45, 2.75) is 58.2 Å². The van der Waals surface area contributed by atoms with Crippen LogP contribution in [0.3, 0.4) is 0 Å². The van der Waals surface area contributed by atoms with Gasteiger partial charge in [0.05, 0.1) is 17.2 Å². The third kappa shape index (κ3) is 3.30. The van der Waals surface area contributed by atoms with E-state index in [1.165, 1.54) is 18.4 Å². The fourth-order valence-electron chi connectivity index (χ4n) is 2.47. The molecule has 114 valence electrons. The molecule has 1 aliphatic rings. The number of hydrogen-bond donors (Lipinski definition) is 1. The van der Waals surface area contributed by atoms with Gasteiger partial charge < -0.3 is 10.0 Å². The van der Waals surface area contributed by atoms with Gasteiger partial charge in [-0.05, 0) is 35.2 Å². The van der Waals surface area contributed by atoms with Gasteiger partial charge in [-0.2, -0.15) is 11.3 Å². The molecule has 0 spiro atoms. The Morgan fingerprint density at radius 2 is 2.14 bits per heavy atom. The third-order valence-corrected chi connectivity index (χ3v) is 5.52. The SMILES string of the molecule is CC(C)(C)c1nc(N(Cc2ccsc2)C2CC2)sc1CO. The Labute approximate surface area is 134 Å². The van der Waals surface area contributed by atoms with E-state index < -0.39 is 0 Å². The van der Waals surface area contributed by atoms with Gasteiger partial charge in [0.1, 0.15) is 0 Å². The van der Waals surface area contributed by atoms with Crippen LogP contribution in [0.2, 0.25) is 0 Å². The molecule has 3 nitrogen and oxygen atoms in total. The van der Waals surface area contributed by atoms with Gasteiger partial charge in [0.25, 0.3) is 0 Å². The fraction of sp³-hybridized carbons (Fsp3) is 0.562. The summed E-state index contributed by atoms with van der Waals surface area (Å²) in [6, 6.07) is 2.81. The molecule has 0 unspecified atom stereocenters. The zero-order valence-electron chi connectivity index (χ0n) is 12.8. The number of aliphatic hydroxyl groups excluding tert-OH is 1. The quantitative estimate of drug-likeness (QED) is 0.898. The lowest BCUT2D eigenvalue weighted by Crippen LogP contribution is -2.25. The highest BCUT2D eigenvalue weighted by Gasteiger charge is 2.33. The summed E-state index contributed by atoms with van der Waals surface area (Å²) in [7, 11) is 0. The maximum atomic E-state index is 9.64. The van der Waals surface area contributed by atoms with Gasteiger partial charge in [-0.25, -0.2) is 4.98 Å². The van der Waals surface area contributed by atoms with E-state index in [1.807, 2.05) is 0 Å². The Kier molecular flexibility index (Phi) is 4.08. The van der Waals surface area contributed by atoms with Crippen molar-refractivity contribution in [3.05, 3.63) is 33.0 Å². The summed E-state index contributed by atoms with van der Waals surface area (Å²) in [5, 5.41) is 15.0. The molecule has 3 rings (SSSR count).